The monoisotopic (exact) mass is 281 g/mol. The van der Waals surface area contributed by atoms with Crippen molar-refractivity contribution in [1.82, 2.24) is 4.98 Å². The third-order valence-electron chi connectivity index (χ3n) is 2.31. The van der Waals surface area contributed by atoms with Crippen molar-refractivity contribution in [3.63, 3.8) is 0 Å². The number of rotatable bonds is 5. The summed E-state index contributed by atoms with van der Waals surface area (Å²) in [6, 6.07) is 4.31. The summed E-state index contributed by atoms with van der Waals surface area (Å²) in [7, 11) is 1.48. The SMILES string of the molecule is COc1ccc([N+](=O)[O-])c(OCc2csc(N)n2)c1. The van der Waals surface area contributed by atoms with Gasteiger partial charge in [-0.15, -0.1) is 11.3 Å². The number of ether oxygens (including phenoxy) is 2. The fourth-order valence-corrected chi connectivity index (χ4v) is 1.98. The smallest absolute Gasteiger partial charge is 0.311 e. The number of benzene rings is 1. The minimum absolute atomic E-state index is 0.113. The zero-order chi connectivity index (χ0) is 13.8. The predicted molar refractivity (Wildman–Crippen MR) is 70.5 cm³/mol. The van der Waals surface area contributed by atoms with Crippen molar-refractivity contribution in [2.24, 2.45) is 0 Å². The lowest BCUT2D eigenvalue weighted by molar-refractivity contribution is -0.386. The zero-order valence-electron chi connectivity index (χ0n) is 10.0. The van der Waals surface area contributed by atoms with Gasteiger partial charge in [-0.2, -0.15) is 0 Å². The summed E-state index contributed by atoms with van der Waals surface area (Å²) in [5, 5.41) is 13.1. The first kappa shape index (κ1) is 13.1. The summed E-state index contributed by atoms with van der Waals surface area (Å²) in [6.45, 7) is 0.113. The van der Waals surface area contributed by atoms with Crippen molar-refractivity contribution in [1.29, 1.82) is 0 Å². The molecule has 0 spiro atoms. The fourth-order valence-electron chi connectivity index (χ4n) is 1.43. The number of nitro groups is 1. The van der Waals surface area contributed by atoms with Crippen molar-refractivity contribution < 1.29 is 14.4 Å². The average molecular weight is 281 g/mol. The van der Waals surface area contributed by atoms with Gasteiger partial charge in [0.15, 0.2) is 5.13 Å². The van der Waals surface area contributed by atoms with Crippen LogP contribution >= 0.6 is 11.3 Å². The Bertz CT molecular complexity index is 599. The molecule has 2 rings (SSSR count). The third kappa shape index (κ3) is 3.10. The number of nitrogens with two attached hydrogens (primary N) is 1. The molecule has 0 saturated carbocycles. The van der Waals surface area contributed by atoms with Crippen molar-refractivity contribution in [3.05, 3.63) is 39.4 Å². The molecule has 0 amide bonds. The molecule has 0 atom stereocenters. The largest absolute Gasteiger partial charge is 0.497 e. The molecule has 19 heavy (non-hydrogen) atoms. The summed E-state index contributed by atoms with van der Waals surface area (Å²) in [5.74, 6) is 0.620. The van der Waals surface area contributed by atoms with Gasteiger partial charge in [0.1, 0.15) is 12.4 Å². The Hall–Kier alpha value is -2.35. The maximum absolute atomic E-state index is 10.9. The van der Waals surface area contributed by atoms with Gasteiger partial charge in [-0.1, -0.05) is 0 Å². The highest BCUT2D eigenvalue weighted by Crippen LogP contribution is 2.31. The zero-order valence-corrected chi connectivity index (χ0v) is 10.8. The van der Waals surface area contributed by atoms with E-state index in [9.17, 15) is 10.1 Å². The molecule has 0 aliphatic rings. The Morgan fingerprint density at radius 1 is 1.53 bits per heavy atom. The Labute approximate surface area is 112 Å². The molecule has 2 aromatic rings. The molecule has 0 aliphatic carbocycles. The van der Waals surface area contributed by atoms with Crippen LogP contribution in [-0.2, 0) is 6.61 Å². The molecule has 8 heteroatoms. The molecule has 0 radical (unpaired) electrons. The molecule has 0 saturated heterocycles. The molecule has 1 aromatic heterocycles. The Morgan fingerprint density at radius 3 is 2.89 bits per heavy atom. The number of hydrogen-bond acceptors (Lipinski definition) is 7. The van der Waals surface area contributed by atoms with Crippen LogP contribution in [0, 0.1) is 10.1 Å². The van der Waals surface area contributed by atoms with Crippen LogP contribution in [0.2, 0.25) is 0 Å². The van der Waals surface area contributed by atoms with Gasteiger partial charge in [-0.05, 0) is 6.07 Å². The van der Waals surface area contributed by atoms with Gasteiger partial charge in [0.25, 0.3) is 0 Å². The molecule has 100 valence electrons. The summed E-state index contributed by atoms with van der Waals surface area (Å²) in [6.07, 6.45) is 0. The second-order valence-corrected chi connectivity index (χ2v) is 4.45. The van der Waals surface area contributed by atoms with Gasteiger partial charge in [-0.25, -0.2) is 4.98 Å². The maximum atomic E-state index is 10.9. The van der Waals surface area contributed by atoms with E-state index in [4.69, 9.17) is 15.2 Å². The van der Waals surface area contributed by atoms with Crippen LogP contribution in [-0.4, -0.2) is 17.0 Å². The van der Waals surface area contributed by atoms with Crippen LogP contribution in [0.1, 0.15) is 5.69 Å². The van der Waals surface area contributed by atoms with E-state index in [1.807, 2.05) is 0 Å². The average Bonchev–Trinajstić information content (AvgIpc) is 2.81. The van der Waals surface area contributed by atoms with E-state index in [-0.39, 0.29) is 18.0 Å². The van der Waals surface area contributed by atoms with Gasteiger partial charge in [0.05, 0.1) is 17.7 Å². The second-order valence-electron chi connectivity index (χ2n) is 3.56. The highest BCUT2D eigenvalue weighted by atomic mass is 32.1. The molecular weight excluding hydrogens is 270 g/mol. The van der Waals surface area contributed by atoms with E-state index in [0.717, 1.165) is 0 Å². The number of thiazole rings is 1. The fraction of sp³-hybridized carbons (Fsp3) is 0.182. The normalized spacial score (nSPS) is 10.2. The van der Waals surface area contributed by atoms with Gasteiger partial charge in [0, 0.05) is 17.5 Å². The first-order valence-electron chi connectivity index (χ1n) is 5.25. The van der Waals surface area contributed by atoms with E-state index in [1.165, 1.54) is 36.6 Å². The van der Waals surface area contributed by atoms with Crippen LogP contribution in [0.4, 0.5) is 10.8 Å². The first-order valence-corrected chi connectivity index (χ1v) is 6.13. The highest BCUT2D eigenvalue weighted by molar-refractivity contribution is 7.13. The molecule has 0 unspecified atom stereocenters. The van der Waals surface area contributed by atoms with E-state index >= 15 is 0 Å². The molecule has 2 N–H and O–H groups in total. The van der Waals surface area contributed by atoms with Crippen LogP contribution in [0.3, 0.4) is 0 Å². The lowest BCUT2D eigenvalue weighted by Gasteiger charge is -2.07. The maximum Gasteiger partial charge on any atom is 0.311 e. The van der Waals surface area contributed by atoms with Gasteiger partial charge < -0.3 is 15.2 Å². The van der Waals surface area contributed by atoms with Crippen LogP contribution in [0.5, 0.6) is 11.5 Å². The number of hydrogen-bond donors (Lipinski definition) is 1. The van der Waals surface area contributed by atoms with Crippen molar-refractivity contribution in [2.45, 2.75) is 6.61 Å². The molecule has 7 nitrogen and oxygen atoms in total. The Morgan fingerprint density at radius 2 is 2.32 bits per heavy atom. The number of anilines is 1. The minimum atomic E-state index is -0.510. The molecule has 1 heterocycles. The highest BCUT2D eigenvalue weighted by Gasteiger charge is 2.16. The summed E-state index contributed by atoms with van der Waals surface area (Å²) in [4.78, 5) is 14.4. The number of methoxy groups -OCH3 is 1. The van der Waals surface area contributed by atoms with Gasteiger partial charge >= 0.3 is 5.69 Å². The second kappa shape index (κ2) is 5.53. The lowest BCUT2D eigenvalue weighted by atomic mass is 10.3. The number of aromatic nitrogens is 1. The quantitative estimate of drug-likeness (QED) is 0.666. The Balaban J connectivity index is 2.19. The Kier molecular flexibility index (Phi) is 3.81. The molecular formula is C11H11N3O4S. The number of nitrogens with zero attached hydrogens (tertiary/aromatic N) is 2. The van der Waals surface area contributed by atoms with E-state index < -0.39 is 4.92 Å². The predicted octanol–water partition coefficient (Wildman–Crippen LogP) is 2.22. The minimum Gasteiger partial charge on any atom is -0.497 e. The van der Waals surface area contributed by atoms with E-state index in [1.54, 1.807) is 5.38 Å². The lowest BCUT2D eigenvalue weighted by Crippen LogP contribution is -2.00. The van der Waals surface area contributed by atoms with E-state index in [2.05, 4.69) is 4.98 Å². The summed E-state index contributed by atoms with van der Waals surface area (Å²) < 4.78 is 10.4. The summed E-state index contributed by atoms with van der Waals surface area (Å²) in [5.41, 5.74) is 6.00. The van der Waals surface area contributed by atoms with Crippen molar-refractivity contribution in [2.75, 3.05) is 12.8 Å². The van der Waals surface area contributed by atoms with Gasteiger partial charge in [0.2, 0.25) is 5.75 Å². The van der Waals surface area contributed by atoms with Crippen LogP contribution < -0.4 is 15.2 Å². The summed E-state index contributed by atoms with van der Waals surface area (Å²) >= 11 is 1.29. The van der Waals surface area contributed by atoms with Gasteiger partial charge in [-0.3, -0.25) is 10.1 Å². The third-order valence-corrected chi connectivity index (χ3v) is 3.03. The van der Waals surface area contributed by atoms with Crippen molar-refractivity contribution in [3.8, 4) is 11.5 Å². The van der Waals surface area contributed by atoms with Crippen molar-refractivity contribution >= 4 is 22.2 Å². The number of nitro benzene ring substituents is 1. The number of nitrogen functional groups attached to an aromatic ring is 1. The molecule has 0 aliphatic heterocycles. The topological polar surface area (TPSA) is 101 Å². The first-order chi connectivity index (χ1) is 9.10. The standard InChI is InChI=1S/C11H11N3O4S/c1-17-8-2-3-9(14(15)16)10(4-8)18-5-7-6-19-11(12)13-7/h2-4,6H,5H2,1H3,(H2,12,13). The molecule has 1 aromatic carbocycles. The van der Waals surface area contributed by atoms with Crippen LogP contribution in [0.25, 0.3) is 0 Å². The van der Waals surface area contributed by atoms with E-state index in [0.29, 0.717) is 16.6 Å². The molecule has 0 bridgehead atoms. The molecule has 0 fully saturated rings. The van der Waals surface area contributed by atoms with Crippen LogP contribution in [0.15, 0.2) is 23.6 Å².